The molecule has 0 unspecified atom stereocenters. The molecule has 0 atom stereocenters. The van der Waals surface area contributed by atoms with E-state index in [2.05, 4.69) is 11.8 Å². The maximum Gasteiger partial charge on any atom is 0.236 e. The lowest BCUT2D eigenvalue weighted by Gasteiger charge is -2.33. The van der Waals surface area contributed by atoms with E-state index in [0.717, 1.165) is 25.8 Å². The fourth-order valence-corrected chi connectivity index (χ4v) is 1.91. The summed E-state index contributed by atoms with van der Waals surface area (Å²) in [5.41, 5.74) is 0. The third kappa shape index (κ3) is 4.73. The van der Waals surface area contributed by atoms with Gasteiger partial charge in [0.25, 0.3) is 0 Å². The predicted octanol–water partition coefficient (Wildman–Crippen LogP) is 0.0189. The van der Waals surface area contributed by atoms with E-state index in [1.807, 2.05) is 11.9 Å². The topological polar surface area (TPSA) is 43.9 Å². The average molecular weight is 241 g/mol. The molecule has 2 amide bonds. The van der Waals surface area contributed by atoms with Gasteiger partial charge in [0.2, 0.25) is 12.3 Å². The first kappa shape index (κ1) is 14.0. The Balaban J connectivity index is 2.26. The first-order valence-electron chi connectivity index (χ1n) is 6.33. The fourth-order valence-electron chi connectivity index (χ4n) is 1.91. The van der Waals surface area contributed by atoms with E-state index in [1.54, 1.807) is 4.90 Å². The summed E-state index contributed by atoms with van der Waals surface area (Å²) in [5, 5.41) is 0. The van der Waals surface area contributed by atoms with Crippen LogP contribution in [0.2, 0.25) is 0 Å². The van der Waals surface area contributed by atoms with Gasteiger partial charge in [-0.25, -0.2) is 0 Å². The Morgan fingerprint density at radius 2 is 1.94 bits per heavy atom. The third-order valence-electron chi connectivity index (χ3n) is 3.11. The zero-order chi connectivity index (χ0) is 12.7. The maximum atomic E-state index is 11.9. The molecule has 0 aliphatic carbocycles. The van der Waals surface area contributed by atoms with E-state index in [4.69, 9.17) is 0 Å². The molecule has 1 rings (SSSR count). The first-order valence-corrected chi connectivity index (χ1v) is 6.33. The smallest absolute Gasteiger partial charge is 0.236 e. The lowest BCUT2D eigenvalue weighted by Crippen LogP contribution is -2.50. The van der Waals surface area contributed by atoms with Crippen LogP contribution in [0, 0.1) is 0 Å². The van der Waals surface area contributed by atoms with Crippen LogP contribution < -0.4 is 0 Å². The highest BCUT2D eigenvalue weighted by Gasteiger charge is 2.20. The minimum atomic E-state index is 0.175. The van der Waals surface area contributed by atoms with Crippen LogP contribution in [-0.4, -0.2) is 73.3 Å². The Bertz CT molecular complexity index is 250. The summed E-state index contributed by atoms with van der Waals surface area (Å²) in [6.45, 7) is 6.26. The van der Waals surface area contributed by atoms with Crippen LogP contribution in [0.4, 0.5) is 0 Å². The SMILES string of the molecule is CCCCN(C)CC(=O)N1CCN(C=O)CC1. The molecule has 17 heavy (non-hydrogen) atoms. The molecule has 0 aromatic carbocycles. The van der Waals surface area contributed by atoms with Gasteiger partial charge in [0, 0.05) is 26.2 Å². The van der Waals surface area contributed by atoms with Crippen LogP contribution in [-0.2, 0) is 9.59 Å². The zero-order valence-corrected chi connectivity index (χ0v) is 10.9. The summed E-state index contributed by atoms with van der Waals surface area (Å²) >= 11 is 0. The molecule has 1 fully saturated rings. The minimum absolute atomic E-state index is 0.175. The second-order valence-corrected chi connectivity index (χ2v) is 4.61. The van der Waals surface area contributed by atoms with Gasteiger partial charge >= 0.3 is 0 Å². The molecular weight excluding hydrogens is 218 g/mol. The summed E-state index contributed by atoms with van der Waals surface area (Å²) in [4.78, 5) is 28.1. The van der Waals surface area contributed by atoms with Crippen LogP contribution >= 0.6 is 0 Å². The Hall–Kier alpha value is -1.10. The van der Waals surface area contributed by atoms with Gasteiger partial charge in [-0.15, -0.1) is 0 Å². The van der Waals surface area contributed by atoms with Gasteiger partial charge in [0.15, 0.2) is 0 Å². The van der Waals surface area contributed by atoms with Crippen molar-refractivity contribution in [2.75, 3.05) is 46.3 Å². The number of piperazine rings is 1. The van der Waals surface area contributed by atoms with Crippen molar-refractivity contribution in [2.24, 2.45) is 0 Å². The number of hydrogen-bond acceptors (Lipinski definition) is 3. The van der Waals surface area contributed by atoms with Crippen molar-refractivity contribution in [1.82, 2.24) is 14.7 Å². The van der Waals surface area contributed by atoms with Gasteiger partial charge in [-0.3, -0.25) is 14.5 Å². The Kier molecular flexibility index (Phi) is 5.97. The molecule has 98 valence electrons. The van der Waals surface area contributed by atoms with Gasteiger partial charge in [0.1, 0.15) is 0 Å². The molecule has 0 aromatic rings. The summed E-state index contributed by atoms with van der Waals surface area (Å²) in [7, 11) is 1.98. The van der Waals surface area contributed by atoms with Crippen LogP contribution in [0.3, 0.4) is 0 Å². The van der Waals surface area contributed by atoms with Crippen molar-refractivity contribution in [3.05, 3.63) is 0 Å². The van der Waals surface area contributed by atoms with Gasteiger partial charge < -0.3 is 9.80 Å². The quantitative estimate of drug-likeness (QED) is 0.616. The highest BCUT2D eigenvalue weighted by Crippen LogP contribution is 2.01. The Labute approximate surface area is 103 Å². The van der Waals surface area contributed by atoms with E-state index >= 15 is 0 Å². The van der Waals surface area contributed by atoms with Crippen molar-refractivity contribution in [3.63, 3.8) is 0 Å². The highest BCUT2D eigenvalue weighted by molar-refractivity contribution is 5.78. The molecule has 1 saturated heterocycles. The lowest BCUT2D eigenvalue weighted by atomic mass is 10.3. The summed E-state index contributed by atoms with van der Waals surface area (Å²) in [5.74, 6) is 0.175. The minimum Gasteiger partial charge on any atom is -0.342 e. The largest absolute Gasteiger partial charge is 0.342 e. The fraction of sp³-hybridized carbons (Fsp3) is 0.833. The summed E-state index contributed by atoms with van der Waals surface area (Å²) < 4.78 is 0. The Morgan fingerprint density at radius 3 is 2.47 bits per heavy atom. The van der Waals surface area contributed by atoms with Gasteiger partial charge in [0.05, 0.1) is 6.54 Å². The number of amides is 2. The standard InChI is InChI=1S/C12H23N3O2/c1-3-4-5-13(2)10-12(17)15-8-6-14(11-16)7-9-15/h11H,3-10H2,1-2H3. The van der Waals surface area contributed by atoms with Gasteiger partial charge in [-0.2, -0.15) is 0 Å². The third-order valence-corrected chi connectivity index (χ3v) is 3.11. The van der Waals surface area contributed by atoms with E-state index in [-0.39, 0.29) is 5.91 Å². The van der Waals surface area contributed by atoms with Crippen LogP contribution in [0.15, 0.2) is 0 Å². The molecular formula is C12H23N3O2. The average Bonchev–Trinajstić information content (AvgIpc) is 2.36. The van der Waals surface area contributed by atoms with Gasteiger partial charge in [-0.1, -0.05) is 13.3 Å². The molecule has 0 saturated carbocycles. The van der Waals surface area contributed by atoms with E-state index < -0.39 is 0 Å². The molecule has 5 nitrogen and oxygen atoms in total. The number of carbonyl (C=O) groups is 2. The molecule has 5 heteroatoms. The van der Waals surface area contributed by atoms with Crippen molar-refractivity contribution in [1.29, 1.82) is 0 Å². The number of unbranched alkanes of at least 4 members (excludes halogenated alkanes) is 1. The van der Waals surface area contributed by atoms with Crippen LogP contribution in [0.1, 0.15) is 19.8 Å². The summed E-state index contributed by atoms with van der Waals surface area (Å²) in [6, 6.07) is 0. The van der Waals surface area contributed by atoms with Crippen LogP contribution in [0.5, 0.6) is 0 Å². The number of nitrogens with zero attached hydrogens (tertiary/aromatic N) is 3. The molecule has 1 aliphatic rings. The highest BCUT2D eigenvalue weighted by atomic mass is 16.2. The second-order valence-electron chi connectivity index (χ2n) is 4.61. The van der Waals surface area contributed by atoms with Gasteiger partial charge in [-0.05, 0) is 20.0 Å². The van der Waals surface area contributed by atoms with E-state index in [9.17, 15) is 9.59 Å². The second kappa shape index (κ2) is 7.27. The lowest BCUT2D eigenvalue weighted by molar-refractivity contribution is -0.135. The normalized spacial score (nSPS) is 16.4. The molecule has 0 bridgehead atoms. The number of carbonyl (C=O) groups excluding carboxylic acids is 2. The van der Waals surface area contributed by atoms with E-state index in [1.165, 1.54) is 0 Å². The Morgan fingerprint density at radius 1 is 1.29 bits per heavy atom. The molecule has 0 radical (unpaired) electrons. The number of likely N-dealkylation sites (N-methyl/N-ethyl adjacent to an activating group) is 1. The molecule has 0 aromatic heterocycles. The number of rotatable bonds is 6. The molecule has 0 N–H and O–H groups in total. The zero-order valence-electron chi connectivity index (χ0n) is 10.9. The molecule has 1 aliphatic heterocycles. The predicted molar refractivity (Wildman–Crippen MR) is 66.6 cm³/mol. The first-order chi connectivity index (χ1) is 8.17. The van der Waals surface area contributed by atoms with Crippen LogP contribution in [0.25, 0.3) is 0 Å². The molecule has 0 spiro atoms. The monoisotopic (exact) mass is 241 g/mol. The van der Waals surface area contributed by atoms with Crippen molar-refractivity contribution >= 4 is 12.3 Å². The van der Waals surface area contributed by atoms with Crippen molar-refractivity contribution in [3.8, 4) is 0 Å². The van der Waals surface area contributed by atoms with Crippen molar-refractivity contribution < 1.29 is 9.59 Å². The summed E-state index contributed by atoms with van der Waals surface area (Å²) in [6.07, 6.45) is 3.13. The maximum absolute atomic E-state index is 11.9. The number of hydrogen-bond donors (Lipinski definition) is 0. The molecule has 1 heterocycles. The van der Waals surface area contributed by atoms with Crippen molar-refractivity contribution in [2.45, 2.75) is 19.8 Å². The van der Waals surface area contributed by atoms with E-state index in [0.29, 0.717) is 32.7 Å².